The van der Waals surface area contributed by atoms with E-state index < -0.39 is 0 Å². The van der Waals surface area contributed by atoms with Crippen molar-refractivity contribution in [1.82, 2.24) is 10.3 Å². The molecular weight excluding hydrogens is 186 g/mol. The van der Waals surface area contributed by atoms with Crippen LogP contribution in [0.2, 0.25) is 0 Å². The molecule has 2 rings (SSSR count). The predicted molar refractivity (Wildman–Crippen MR) is 65.1 cm³/mol. The van der Waals surface area contributed by atoms with Gasteiger partial charge in [-0.05, 0) is 50.2 Å². The Balaban J connectivity index is 2.49. The van der Waals surface area contributed by atoms with E-state index in [1.54, 1.807) is 0 Å². The maximum Gasteiger partial charge on any atom is 0.0480 e. The van der Waals surface area contributed by atoms with Gasteiger partial charge >= 0.3 is 0 Å². The minimum atomic E-state index is 0.873. The molecule has 0 saturated carbocycles. The first-order valence-electron chi connectivity index (χ1n) is 5.23. The maximum atomic E-state index is 6.03. The van der Waals surface area contributed by atoms with E-state index in [-0.39, 0.29) is 0 Å². The van der Waals surface area contributed by atoms with Crippen LogP contribution in [0.3, 0.4) is 0 Å². The van der Waals surface area contributed by atoms with Gasteiger partial charge in [0.25, 0.3) is 0 Å². The number of nitrogens with two attached hydrogens (primary N) is 1. The number of fused-ring (bicyclic) bond motifs is 1. The Morgan fingerprint density at radius 3 is 2.93 bits per heavy atom. The first-order chi connectivity index (χ1) is 7.22. The van der Waals surface area contributed by atoms with Crippen LogP contribution in [0.1, 0.15) is 11.1 Å². The van der Waals surface area contributed by atoms with Gasteiger partial charge in [0.05, 0.1) is 0 Å². The molecule has 0 fully saturated rings. The van der Waals surface area contributed by atoms with Gasteiger partial charge in [0.2, 0.25) is 0 Å². The smallest absolute Gasteiger partial charge is 0.0480 e. The van der Waals surface area contributed by atoms with Crippen molar-refractivity contribution in [3.63, 3.8) is 0 Å². The Kier molecular flexibility index (Phi) is 2.64. The molecule has 0 bridgehead atoms. The summed E-state index contributed by atoms with van der Waals surface area (Å²) in [4.78, 5) is 3.27. The zero-order chi connectivity index (χ0) is 10.8. The summed E-state index contributed by atoms with van der Waals surface area (Å²) in [5, 5.41) is 4.32. The van der Waals surface area contributed by atoms with Crippen LogP contribution in [0.4, 0.5) is 5.69 Å². The van der Waals surface area contributed by atoms with Crippen molar-refractivity contribution in [3.8, 4) is 0 Å². The molecule has 1 aromatic heterocycles. The summed E-state index contributed by atoms with van der Waals surface area (Å²) in [5.41, 5.74) is 10.5. The van der Waals surface area contributed by atoms with Gasteiger partial charge in [-0.15, -0.1) is 0 Å². The van der Waals surface area contributed by atoms with Crippen molar-refractivity contribution in [2.45, 2.75) is 13.3 Å². The molecule has 0 unspecified atom stereocenters. The quantitative estimate of drug-likeness (QED) is 0.666. The number of aryl methyl sites for hydroxylation is 1. The molecule has 0 spiro atoms. The Morgan fingerprint density at radius 1 is 1.40 bits per heavy atom. The van der Waals surface area contributed by atoms with Crippen molar-refractivity contribution in [1.29, 1.82) is 0 Å². The van der Waals surface area contributed by atoms with Crippen molar-refractivity contribution in [2.24, 2.45) is 0 Å². The van der Waals surface area contributed by atoms with Crippen molar-refractivity contribution >= 4 is 16.6 Å². The zero-order valence-electron chi connectivity index (χ0n) is 9.22. The van der Waals surface area contributed by atoms with Gasteiger partial charge in [0.15, 0.2) is 0 Å². The van der Waals surface area contributed by atoms with E-state index in [0.717, 1.165) is 24.2 Å². The van der Waals surface area contributed by atoms with Gasteiger partial charge in [-0.2, -0.15) is 0 Å². The summed E-state index contributed by atoms with van der Waals surface area (Å²) < 4.78 is 0. The van der Waals surface area contributed by atoms with E-state index in [2.05, 4.69) is 29.5 Å². The Bertz CT molecular complexity index is 471. The highest BCUT2D eigenvalue weighted by molar-refractivity contribution is 5.94. The van der Waals surface area contributed by atoms with Crippen molar-refractivity contribution in [3.05, 3.63) is 29.5 Å². The minimum absolute atomic E-state index is 0.873. The summed E-state index contributed by atoms with van der Waals surface area (Å²) in [6.45, 7) is 3.03. The lowest BCUT2D eigenvalue weighted by molar-refractivity contribution is 0.795. The lowest BCUT2D eigenvalue weighted by Gasteiger charge is -2.03. The van der Waals surface area contributed by atoms with Gasteiger partial charge in [-0.1, -0.05) is 0 Å². The third kappa shape index (κ3) is 1.83. The molecule has 0 amide bonds. The molecule has 2 aromatic rings. The number of nitrogens with one attached hydrogen (secondary N) is 2. The molecule has 3 heteroatoms. The molecule has 0 aliphatic heterocycles. The number of H-pyrrole nitrogens is 1. The first-order valence-corrected chi connectivity index (χ1v) is 5.23. The second-order valence-electron chi connectivity index (χ2n) is 3.94. The maximum absolute atomic E-state index is 6.03. The number of nitrogen functional groups attached to an aromatic ring is 1. The average Bonchev–Trinajstić information content (AvgIpc) is 2.58. The normalized spacial score (nSPS) is 11.1. The van der Waals surface area contributed by atoms with E-state index in [0.29, 0.717) is 0 Å². The molecule has 1 aromatic carbocycles. The number of aromatic nitrogens is 1. The second kappa shape index (κ2) is 3.95. The highest BCUT2D eigenvalue weighted by Gasteiger charge is 2.06. The third-order valence-electron chi connectivity index (χ3n) is 2.68. The summed E-state index contributed by atoms with van der Waals surface area (Å²) in [6, 6.07) is 4.16. The van der Waals surface area contributed by atoms with Crippen molar-refractivity contribution < 1.29 is 0 Å². The average molecular weight is 203 g/mol. The largest absolute Gasteiger partial charge is 0.398 e. The molecule has 1 heterocycles. The summed E-state index contributed by atoms with van der Waals surface area (Å²) >= 11 is 0. The second-order valence-corrected chi connectivity index (χ2v) is 3.94. The fourth-order valence-corrected chi connectivity index (χ4v) is 1.98. The van der Waals surface area contributed by atoms with Crippen LogP contribution in [-0.4, -0.2) is 18.6 Å². The lowest BCUT2D eigenvalue weighted by Crippen LogP contribution is -2.10. The predicted octanol–water partition coefficient (Wildman–Crippen LogP) is 1.82. The molecule has 0 saturated heterocycles. The van der Waals surface area contributed by atoms with Crippen molar-refractivity contribution in [2.75, 3.05) is 19.3 Å². The highest BCUT2D eigenvalue weighted by atomic mass is 14.8. The molecule has 80 valence electrons. The van der Waals surface area contributed by atoms with Crippen LogP contribution in [0.15, 0.2) is 18.3 Å². The van der Waals surface area contributed by atoms with Gasteiger partial charge in [-0.3, -0.25) is 0 Å². The summed E-state index contributed by atoms with van der Waals surface area (Å²) in [7, 11) is 1.96. The minimum Gasteiger partial charge on any atom is -0.398 e. The number of anilines is 1. The van der Waals surface area contributed by atoms with Gasteiger partial charge in [-0.25, -0.2) is 0 Å². The third-order valence-corrected chi connectivity index (χ3v) is 2.68. The van der Waals surface area contributed by atoms with E-state index in [9.17, 15) is 0 Å². The zero-order valence-corrected chi connectivity index (χ0v) is 9.22. The number of hydrogen-bond donors (Lipinski definition) is 3. The van der Waals surface area contributed by atoms with E-state index in [1.807, 2.05) is 13.1 Å². The molecular formula is C12H17N3. The summed E-state index contributed by atoms with van der Waals surface area (Å²) in [6.07, 6.45) is 3.06. The van der Waals surface area contributed by atoms with Crippen LogP contribution in [-0.2, 0) is 6.42 Å². The molecule has 0 radical (unpaired) electrons. The molecule has 3 nitrogen and oxygen atoms in total. The number of rotatable bonds is 3. The summed E-state index contributed by atoms with van der Waals surface area (Å²) in [5.74, 6) is 0. The van der Waals surface area contributed by atoms with E-state index in [4.69, 9.17) is 5.73 Å². The lowest BCUT2D eigenvalue weighted by atomic mass is 10.1. The fourth-order valence-electron chi connectivity index (χ4n) is 1.98. The molecule has 15 heavy (non-hydrogen) atoms. The monoisotopic (exact) mass is 203 g/mol. The van der Waals surface area contributed by atoms with Crippen LogP contribution in [0.25, 0.3) is 10.9 Å². The van der Waals surface area contributed by atoms with Gasteiger partial charge in [0, 0.05) is 22.8 Å². The number of likely N-dealkylation sites (N-methyl/N-ethyl adjacent to an activating group) is 1. The SMILES string of the molecule is CNCCc1c[nH]c2cc(C)cc(N)c12. The van der Waals surface area contributed by atoms with Gasteiger partial charge < -0.3 is 16.0 Å². The number of benzene rings is 1. The van der Waals surface area contributed by atoms with Gasteiger partial charge in [0.1, 0.15) is 0 Å². The van der Waals surface area contributed by atoms with E-state index >= 15 is 0 Å². The van der Waals surface area contributed by atoms with Crippen LogP contribution in [0.5, 0.6) is 0 Å². The Labute approximate surface area is 89.7 Å². The highest BCUT2D eigenvalue weighted by Crippen LogP contribution is 2.26. The number of hydrogen-bond acceptors (Lipinski definition) is 2. The molecule has 0 atom stereocenters. The number of aromatic amines is 1. The molecule has 0 aliphatic carbocycles. The Hall–Kier alpha value is -1.48. The molecule has 0 aliphatic rings. The van der Waals surface area contributed by atoms with Crippen LogP contribution >= 0.6 is 0 Å². The topological polar surface area (TPSA) is 53.8 Å². The first kappa shape index (κ1) is 10.1. The Morgan fingerprint density at radius 2 is 2.20 bits per heavy atom. The fraction of sp³-hybridized carbons (Fsp3) is 0.333. The standard InChI is InChI=1S/C12H17N3/c1-8-5-10(13)12-9(3-4-14-2)7-15-11(12)6-8/h5-7,14-15H,3-4,13H2,1-2H3. The molecule has 4 N–H and O–H groups in total. The van der Waals surface area contributed by atoms with Crippen LogP contribution in [0, 0.1) is 6.92 Å². The van der Waals surface area contributed by atoms with E-state index in [1.165, 1.54) is 16.5 Å². The van der Waals surface area contributed by atoms with Crippen LogP contribution < -0.4 is 11.1 Å².